The summed E-state index contributed by atoms with van der Waals surface area (Å²) in [5, 5.41) is 5.51. The molecule has 2 rings (SSSR count). The van der Waals surface area contributed by atoms with Crippen LogP contribution in [0.1, 0.15) is 30.3 Å². The molecule has 0 aliphatic rings. The van der Waals surface area contributed by atoms with Gasteiger partial charge in [0, 0.05) is 18.3 Å². The first-order valence-electron chi connectivity index (χ1n) is 6.92. The van der Waals surface area contributed by atoms with E-state index in [1.165, 1.54) is 18.5 Å². The predicted molar refractivity (Wildman–Crippen MR) is 78.9 cm³/mol. The number of nitrogens with one attached hydrogen (secondary N) is 2. The molecule has 1 amide bonds. The fourth-order valence-corrected chi connectivity index (χ4v) is 1.70. The largest absolute Gasteiger partial charge is 0.351 e. The first-order chi connectivity index (χ1) is 10.6. The number of anilines is 2. The molecule has 0 radical (unpaired) electrons. The molecule has 0 aliphatic heterocycles. The highest BCUT2D eigenvalue weighted by Crippen LogP contribution is 2.16. The number of amides is 1. The van der Waals surface area contributed by atoms with Crippen LogP contribution in [-0.4, -0.2) is 22.4 Å². The van der Waals surface area contributed by atoms with Crippen molar-refractivity contribution in [3.8, 4) is 0 Å². The Morgan fingerprint density at radius 1 is 1.18 bits per heavy atom. The lowest BCUT2D eigenvalue weighted by Gasteiger charge is -2.07. The Labute approximate surface area is 126 Å². The van der Waals surface area contributed by atoms with Gasteiger partial charge in [0.15, 0.2) is 11.6 Å². The zero-order valence-corrected chi connectivity index (χ0v) is 12.1. The van der Waals surface area contributed by atoms with E-state index in [0.29, 0.717) is 18.1 Å². The van der Waals surface area contributed by atoms with Gasteiger partial charge in [0.2, 0.25) is 0 Å². The van der Waals surface area contributed by atoms with E-state index < -0.39 is 11.6 Å². The van der Waals surface area contributed by atoms with Crippen molar-refractivity contribution in [3.05, 3.63) is 47.9 Å². The second-order valence-electron chi connectivity index (χ2n) is 4.65. The maximum Gasteiger partial charge on any atom is 0.271 e. The topological polar surface area (TPSA) is 66.9 Å². The van der Waals surface area contributed by atoms with Gasteiger partial charge in [0.1, 0.15) is 11.5 Å². The van der Waals surface area contributed by atoms with Gasteiger partial charge in [-0.15, -0.1) is 0 Å². The molecule has 0 atom stereocenters. The molecule has 116 valence electrons. The smallest absolute Gasteiger partial charge is 0.271 e. The first-order valence-corrected chi connectivity index (χ1v) is 6.92. The molecule has 0 unspecified atom stereocenters. The standard InChI is InChI=1S/C15H16F2N4O/c1-2-3-6-18-15(22)13-8-20-14(9-19-13)21-10-4-5-11(16)12(17)7-10/h4-5,7-9H,2-3,6H2,1H3,(H,18,22)(H,20,21). The highest BCUT2D eigenvalue weighted by atomic mass is 19.2. The molecule has 0 saturated carbocycles. The Balaban J connectivity index is 1.99. The van der Waals surface area contributed by atoms with Crippen LogP contribution in [0.5, 0.6) is 0 Å². The lowest BCUT2D eigenvalue weighted by atomic mass is 10.3. The molecule has 22 heavy (non-hydrogen) atoms. The van der Waals surface area contributed by atoms with Crippen LogP contribution in [0, 0.1) is 11.6 Å². The minimum atomic E-state index is -0.954. The van der Waals surface area contributed by atoms with E-state index in [-0.39, 0.29) is 11.6 Å². The van der Waals surface area contributed by atoms with Gasteiger partial charge < -0.3 is 10.6 Å². The number of rotatable bonds is 6. The van der Waals surface area contributed by atoms with Crippen LogP contribution in [0.2, 0.25) is 0 Å². The van der Waals surface area contributed by atoms with Gasteiger partial charge in [-0.25, -0.2) is 18.7 Å². The quantitative estimate of drug-likeness (QED) is 0.805. The van der Waals surface area contributed by atoms with E-state index in [0.717, 1.165) is 25.0 Å². The van der Waals surface area contributed by atoms with Crippen LogP contribution in [0.4, 0.5) is 20.3 Å². The van der Waals surface area contributed by atoms with E-state index in [4.69, 9.17) is 0 Å². The van der Waals surface area contributed by atoms with Gasteiger partial charge in [0.25, 0.3) is 5.91 Å². The van der Waals surface area contributed by atoms with E-state index in [1.54, 1.807) is 0 Å². The number of hydrogen-bond acceptors (Lipinski definition) is 4. The molecule has 0 saturated heterocycles. The minimum Gasteiger partial charge on any atom is -0.351 e. The van der Waals surface area contributed by atoms with Crippen molar-refractivity contribution >= 4 is 17.4 Å². The van der Waals surface area contributed by atoms with E-state index >= 15 is 0 Å². The molecule has 1 heterocycles. The molecule has 1 aromatic heterocycles. The number of unbranched alkanes of at least 4 members (excludes halogenated alkanes) is 1. The molecule has 2 aromatic rings. The molecule has 1 aromatic carbocycles. The lowest BCUT2D eigenvalue weighted by Crippen LogP contribution is -2.25. The summed E-state index contributed by atoms with van der Waals surface area (Å²) in [5.41, 5.74) is 0.542. The van der Waals surface area contributed by atoms with Crippen LogP contribution in [0.15, 0.2) is 30.6 Å². The second kappa shape index (κ2) is 7.44. The van der Waals surface area contributed by atoms with Gasteiger partial charge in [-0.2, -0.15) is 0 Å². The third kappa shape index (κ3) is 4.21. The molecule has 0 fully saturated rings. The van der Waals surface area contributed by atoms with Crippen molar-refractivity contribution < 1.29 is 13.6 Å². The molecule has 0 aliphatic carbocycles. The average Bonchev–Trinajstić information content (AvgIpc) is 2.52. The molecule has 7 heteroatoms. The van der Waals surface area contributed by atoms with Gasteiger partial charge >= 0.3 is 0 Å². The maximum atomic E-state index is 13.1. The number of hydrogen-bond donors (Lipinski definition) is 2. The molecular formula is C15H16F2N4O. The fraction of sp³-hybridized carbons (Fsp3) is 0.267. The number of aromatic nitrogens is 2. The summed E-state index contributed by atoms with van der Waals surface area (Å²) in [6.45, 7) is 2.62. The van der Waals surface area contributed by atoms with Gasteiger partial charge in [0.05, 0.1) is 12.4 Å². The maximum absolute atomic E-state index is 13.1. The Bertz CT molecular complexity index is 646. The van der Waals surface area contributed by atoms with E-state index in [2.05, 4.69) is 20.6 Å². The number of carbonyl (C=O) groups excluding carboxylic acids is 1. The SMILES string of the molecule is CCCCNC(=O)c1cnc(Nc2ccc(F)c(F)c2)cn1. The van der Waals surface area contributed by atoms with Crippen molar-refractivity contribution in [2.75, 3.05) is 11.9 Å². The van der Waals surface area contributed by atoms with Crippen molar-refractivity contribution in [3.63, 3.8) is 0 Å². The summed E-state index contributed by atoms with van der Waals surface area (Å²) in [6, 6.07) is 3.41. The Kier molecular flexibility index (Phi) is 5.35. The Hall–Kier alpha value is -2.57. The Morgan fingerprint density at radius 3 is 2.64 bits per heavy atom. The minimum absolute atomic E-state index is 0.201. The number of halogens is 2. The molecular weight excluding hydrogens is 290 g/mol. The summed E-state index contributed by atoms with van der Waals surface area (Å²) in [6.07, 6.45) is 4.57. The monoisotopic (exact) mass is 306 g/mol. The highest BCUT2D eigenvalue weighted by molar-refractivity contribution is 5.92. The summed E-state index contributed by atoms with van der Waals surface area (Å²) >= 11 is 0. The normalized spacial score (nSPS) is 10.3. The number of nitrogens with zero attached hydrogens (tertiary/aromatic N) is 2. The zero-order chi connectivity index (χ0) is 15.9. The third-order valence-corrected chi connectivity index (χ3v) is 2.89. The van der Waals surface area contributed by atoms with Crippen LogP contribution in [0.25, 0.3) is 0 Å². The summed E-state index contributed by atoms with van der Waals surface area (Å²) in [7, 11) is 0. The average molecular weight is 306 g/mol. The van der Waals surface area contributed by atoms with Gasteiger partial charge in [-0.1, -0.05) is 13.3 Å². The van der Waals surface area contributed by atoms with Crippen molar-refractivity contribution in [2.24, 2.45) is 0 Å². The Morgan fingerprint density at radius 2 is 2.00 bits per heavy atom. The van der Waals surface area contributed by atoms with Crippen molar-refractivity contribution in [1.82, 2.24) is 15.3 Å². The van der Waals surface area contributed by atoms with Crippen LogP contribution in [0.3, 0.4) is 0 Å². The van der Waals surface area contributed by atoms with Crippen LogP contribution in [-0.2, 0) is 0 Å². The first kappa shape index (κ1) is 15.8. The number of carbonyl (C=O) groups is 1. The van der Waals surface area contributed by atoms with E-state index in [9.17, 15) is 13.6 Å². The zero-order valence-electron chi connectivity index (χ0n) is 12.1. The third-order valence-electron chi connectivity index (χ3n) is 2.89. The number of benzene rings is 1. The molecule has 0 spiro atoms. The van der Waals surface area contributed by atoms with E-state index in [1.807, 2.05) is 6.92 Å². The summed E-state index contributed by atoms with van der Waals surface area (Å²) in [4.78, 5) is 19.8. The van der Waals surface area contributed by atoms with Gasteiger partial charge in [-0.05, 0) is 18.6 Å². The summed E-state index contributed by atoms with van der Waals surface area (Å²) < 4.78 is 25.9. The van der Waals surface area contributed by atoms with Crippen LogP contribution < -0.4 is 10.6 Å². The van der Waals surface area contributed by atoms with Gasteiger partial charge in [-0.3, -0.25) is 4.79 Å². The second-order valence-corrected chi connectivity index (χ2v) is 4.65. The van der Waals surface area contributed by atoms with Crippen molar-refractivity contribution in [1.29, 1.82) is 0 Å². The lowest BCUT2D eigenvalue weighted by molar-refractivity contribution is 0.0948. The highest BCUT2D eigenvalue weighted by Gasteiger charge is 2.08. The van der Waals surface area contributed by atoms with Crippen LogP contribution >= 0.6 is 0 Å². The molecule has 0 bridgehead atoms. The fourth-order valence-electron chi connectivity index (χ4n) is 1.70. The van der Waals surface area contributed by atoms with Crippen molar-refractivity contribution in [2.45, 2.75) is 19.8 Å². The molecule has 5 nitrogen and oxygen atoms in total. The summed E-state index contributed by atoms with van der Waals surface area (Å²) in [5.74, 6) is -1.84. The predicted octanol–water partition coefficient (Wildman–Crippen LogP) is 3.03. The molecule has 2 N–H and O–H groups in total.